The predicted molar refractivity (Wildman–Crippen MR) is 89.5 cm³/mol. The van der Waals surface area contributed by atoms with Gasteiger partial charge in [0.2, 0.25) is 10.0 Å². The molecule has 1 N–H and O–H groups in total. The van der Waals surface area contributed by atoms with Crippen molar-refractivity contribution in [3.05, 3.63) is 17.9 Å². The molecule has 0 aromatic heterocycles. The van der Waals surface area contributed by atoms with Crippen LogP contribution in [0.2, 0.25) is 0 Å². The van der Waals surface area contributed by atoms with Gasteiger partial charge in [0.15, 0.2) is 11.5 Å². The van der Waals surface area contributed by atoms with E-state index in [2.05, 4.69) is 5.32 Å². The van der Waals surface area contributed by atoms with Gasteiger partial charge in [-0.2, -0.15) is 4.31 Å². The zero-order chi connectivity index (χ0) is 17.7. The minimum absolute atomic E-state index is 0.166. The lowest BCUT2D eigenvalue weighted by atomic mass is 9.95. The minimum atomic E-state index is -3.89. The summed E-state index contributed by atoms with van der Waals surface area (Å²) in [5.74, 6) is 0.0326. The lowest BCUT2D eigenvalue weighted by molar-refractivity contribution is 0.262. The highest BCUT2D eigenvalue weighted by molar-refractivity contribution is 7.89. The number of ether oxygens (including phenoxy) is 2. The normalized spacial score (nSPS) is 17.0. The van der Waals surface area contributed by atoms with E-state index in [0.29, 0.717) is 19.0 Å². The number of rotatable bonds is 7. The molecule has 1 heterocycles. The fourth-order valence-corrected chi connectivity index (χ4v) is 4.49. The van der Waals surface area contributed by atoms with Gasteiger partial charge in [0.25, 0.3) is 0 Å². The third kappa shape index (κ3) is 3.99. The Morgan fingerprint density at radius 2 is 1.79 bits per heavy atom. The standard InChI is InChI=1S/C16H25FN2O4S/c1-18-7-4-12-5-8-19(9-6-12)24(20,21)16-11-15(23-3)14(22-2)10-13(16)17/h10-12,18H,4-9H2,1-3H3. The second kappa shape index (κ2) is 8.13. The summed E-state index contributed by atoms with van der Waals surface area (Å²) in [5, 5.41) is 3.11. The Morgan fingerprint density at radius 3 is 2.33 bits per heavy atom. The number of hydrogen-bond donors (Lipinski definition) is 1. The third-order valence-corrected chi connectivity index (χ3v) is 6.35. The first kappa shape index (κ1) is 19.0. The number of nitrogens with zero attached hydrogens (tertiary/aromatic N) is 1. The molecule has 0 spiro atoms. The molecule has 1 aromatic carbocycles. The smallest absolute Gasteiger partial charge is 0.246 e. The van der Waals surface area contributed by atoms with Crippen LogP contribution in [0.15, 0.2) is 17.0 Å². The van der Waals surface area contributed by atoms with Crippen molar-refractivity contribution in [1.82, 2.24) is 9.62 Å². The van der Waals surface area contributed by atoms with Gasteiger partial charge in [-0.05, 0) is 38.8 Å². The first-order valence-corrected chi connectivity index (χ1v) is 9.44. The highest BCUT2D eigenvalue weighted by atomic mass is 32.2. The van der Waals surface area contributed by atoms with Crippen LogP contribution in [-0.2, 0) is 10.0 Å². The van der Waals surface area contributed by atoms with Gasteiger partial charge in [-0.3, -0.25) is 0 Å². The molecule has 136 valence electrons. The molecule has 6 nitrogen and oxygen atoms in total. The SMILES string of the molecule is CNCCC1CCN(S(=O)(=O)c2cc(OC)c(OC)cc2F)CC1. The molecule has 0 amide bonds. The molecule has 8 heteroatoms. The zero-order valence-electron chi connectivity index (χ0n) is 14.3. The van der Waals surface area contributed by atoms with Crippen molar-refractivity contribution < 1.29 is 22.3 Å². The molecule has 24 heavy (non-hydrogen) atoms. The molecular formula is C16H25FN2O4S. The van der Waals surface area contributed by atoms with Crippen molar-refractivity contribution in [2.45, 2.75) is 24.2 Å². The summed E-state index contributed by atoms with van der Waals surface area (Å²) in [5.41, 5.74) is 0. The summed E-state index contributed by atoms with van der Waals surface area (Å²) in [4.78, 5) is -0.367. The molecule has 2 rings (SSSR count). The average molecular weight is 360 g/mol. The fraction of sp³-hybridized carbons (Fsp3) is 0.625. The van der Waals surface area contributed by atoms with Crippen LogP contribution in [0.25, 0.3) is 0 Å². The van der Waals surface area contributed by atoms with Gasteiger partial charge < -0.3 is 14.8 Å². The van der Waals surface area contributed by atoms with E-state index in [-0.39, 0.29) is 16.4 Å². The summed E-state index contributed by atoms with van der Waals surface area (Å²) in [6.45, 7) is 1.73. The van der Waals surface area contributed by atoms with Crippen LogP contribution in [0, 0.1) is 11.7 Å². The fourth-order valence-electron chi connectivity index (χ4n) is 2.96. The van der Waals surface area contributed by atoms with Crippen LogP contribution in [0.4, 0.5) is 4.39 Å². The molecule has 1 aliphatic heterocycles. The first-order chi connectivity index (χ1) is 11.4. The summed E-state index contributed by atoms with van der Waals surface area (Å²) in [7, 11) is 0.780. The zero-order valence-corrected chi connectivity index (χ0v) is 15.2. The molecule has 1 aliphatic rings. The molecule has 1 fully saturated rings. The lowest BCUT2D eigenvalue weighted by Gasteiger charge is -2.31. The minimum Gasteiger partial charge on any atom is -0.493 e. The van der Waals surface area contributed by atoms with Crippen molar-refractivity contribution >= 4 is 10.0 Å². The summed E-state index contributed by atoms with van der Waals surface area (Å²) < 4.78 is 51.3. The van der Waals surface area contributed by atoms with Crippen LogP contribution < -0.4 is 14.8 Å². The molecule has 0 unspecified atom stereocenters. The third-order valence-electron chi connectivity index (χ3n) is 4.43. The van der Waals surface area contributed by atoms with Gasteiger partial charge >= 0.3 is 0 Å². The number of benzene rings is 1. The summed E-state index contributed by atoms with van der Waals surface area (Å²) >= 11 is 0. The van der Waals surface area contributed by atoms with Crippen LogP contribution in [-0.4, -0.2) is 53.6 Å². The molecular weight excluding hydrogens is 335 g/mol. The molecule has 0 atom stereocenters. The van der Waals surface area contributed by atoms with Crippen molar-refractivity contribution in [2.75, 3.05) is 40.9 Å². The van der Waals surface area contributed by atoms with E-state index >= 15 is 0 Å². The van der Waals surface area contributed by atoms with Gasteiger partial charge in [-0.15, -0.1) is 0 Å². The van der Waals surface area contributed by atoms with Crippen molar-refractivity contribution in [2.24, 2.45) is 5.92 Å². The number of nitrogens with one attached hydrogen (secondary N) is 1. The second-order valence-electron chi connectivity index (χ2n) is 5.88. The second-order valence-corrected chi connectivity index (χ2v) is 7.78. The van der Waals surface area contributed by atoms with Gasteiger partial charge in [0.05, 0.1) is 14.2 Å². The number of methoxy groups -OCH3 is 2. The van der Waals surface area contributed by atoms with Gasteiger partial charge in [-0.1, -0.05) is 0 Å². The Labute approximate surface area is 143 Å². The van der Waals surface area contributed by atoms with E-state index in [1.807, 2.05) is 7.05 Å². The maximum absolute atomic E-state index is 14.3. The quantitative estimate of drug-likeness (QED) is 0.804. The highest BCUT2D eigenvalue weighted by Gasteiger charge is 2.32. The Balaban J connectivity index is 2.19. The first-order valence-electron chi connectivity index (χ1n) is 8.00. The van der Waals surface area contributed by atoms with Crippen LogP contribution in [0.1, 0.15) is 19.3 Å². The Morgan fingerprint density at radius 1 is 1.21 bits per heavy atom. The van der Waals surface area contributed by atoms with Crippen LogP contribution in [0.3, 0.4) is 0 Å². The molecule has 1 saturated heterocycles. The van der Waals surface area contributed by atoms with Crippen LogP contribution in [0.5, 0.6) is 11.5 Å². The maximum Gasteiger partial charge on any atom is 0.246 e. The van der Waals surface area contributed by atoms with Gasteiger partial charge in [0, 0.05) is 25.2 Å². The van der Waals surface area contributed by atoms with Gasteiger partial charge in [0.1, 0.15) is 10.7 Å². The van der Waals surface area contributed by atoms with Crippen molar-refractivity contribution in [1.29, 1.82) is 0 Å². The summed E-state index contributed by atoms with van der Waals surface area (Å²) in [6.07, 6.45) is 2.60. The molecule has 0 bridgehead atoms. The predicted octanol–water partition coefficient (Wildman–Crippen LogP) is 1.85. The Hall–Kier alpha value is -1.38. The average Bonchev–Trinajstić information content (AvgIpc) is 2.59. The maximum atomic E-state index is 14.3. The van der Waals surface area contributed by atoms with E-state index in [4.69, 9.17) is 9.47 Å². The number of piperidine rings is 1. The van der Waals surface area contributed by atoms with Gasteiger partial charge in [-0.25, -0.2) is 12.8 Å². The number of sulfonamides is 1. The van der Waals surface area contributed by atoms with Crippen molar-refractivity contribution in [3.63, 3.8) is 0 Å². The van der Waals surface area contributed by atoms with Crippen LogP contribution >= 0.6 is 0 Å². The number of hydrogen-bond acceptors (Lipinski definition) is 5. The lowest BCUT2D eigenvalue weighted by Crippen LogP contribution is -2.39. The highest BCUT2D eigenvalue weighted by Crippen LogP contribution is 2.34. The Bertz CT molecular complexity index is 658. The topological polar surface area (TPSA) is 67.9 Å². The van der Waals surface area contributed by atoms with E-state index in [0.717, 1.165) is 31.9 Å². The largest absolute Gasteiger partial charge is 0.493 e. The molecule has 0 aliphatic carbocycles. The molecule has 0 radical (unpaired) electrons. The van der Waals surface area contributed by atoms with Crippen molar-refractivity contribution in [3.8, 4) is 11.5 Å². The van der Waals surface area contributed by atoms with E-state index in [1.54, 1.807) is 0 Å². The number of halogens is 1. The monoisotopic (exact) mass is 360 g/mol. The van der Waals surface area contributed by atoms with E-state index in [1.165, 1.54) is 24.6 Å². The van der Waals surface area contributed by atoms with E-state index < -0.39 is 15.8 Å². The summed E-state index contributed by atoms with van der Waals surface area (Å²) in [6, 6.07) is 2.24. The Kier molecular flexibility index (Phi) is 6.42. The molecule has 0 saturated carbocycles. The van der Waals surface area contributed by atoms with E-state index in [9.17, 15) is 12.8 Å². The molecule has 1 aromatic rings.